The highest BCUT2D eigenvalue weighted by Gasteiger charge is 2.23. The number of allylic oxidation sites excluding steroid dienone is 5. The lowest BCUT2D eigenvalue weighted by Gasteiger charge is -2.08. The van der Waals surface area contributed by atoms with Gasteiger partial charge in [0.2, 0.25) is 0 Å². The summed E-state index contributed by atoms with van der Waals surface area (Å²) in [4.78, 5) is 11.5. The Morgan fingerprint density at radius 1 is 0.950 bits per heavy atom. The van der Waals surface area contributed by atoms with Gasteiger partial charge in [0.05, 0.1) is 0 Å². The molecule has 1 aromatic carbocycles. The molecule has 20 heavy (non-hydrogen) atoms. The first-order chi connectivity index (χ1) is 9.86. The lowest BCUT2D eigenvalue weighted by atomic mass is 9.96. The fraction of sp³-hybridized carbons (Fsp3) is 0.278. The molecule has 0 atom stereocenters. The van der Waals surface area contributed by atoms with Gasteiger partial charge in [-0.1, -0.05) is 42.8 Å². The minimum Gasteiger partial charge on any atom is -0.317 e. The Kier molecular flexibility index (Phi) is 3.93. The fourth-order valence-electron chi connectivity index (χ4n) is 2.75. The molecule has 3 aliphatic rings. The van der Waals surface area contributed by atoms with Crippen LogP contribution in [0.4, 0.5) is 0 Å². The standard InChI is InChI=1S/C13H8O.C5H11N/c14-13-7-3-6-11-10-5-2-1-4-9(10)8-12(11)13;1-2-4-6-5-3-1/h1-8H;6H,1-5H2. The predicted octanol–water partition coefficient (Wildman–Crippen LogP) is 3.37. The van der Waals surface area contributed by atoms with Crippen molar-refractivity contribution in [3.05, 3.63) is 59.2 Å². The van der Waals surface area contributed by atoms with Crippen LogP contribution in [0.3, 0.4) is 0 Å². The van der Waals surface area contributed by atoms with Crippen molar-refractivity contribution >= 4 is 17.4 Å². The molecular weight excluding hydrogens is 246 g/mol. The molecule has 4 rings (SSSR count). The van der Waals surface area contributed by atoms with Crippen molar-refractivity contribution in [2.45, 2.75) is 19.3 Å². The number of fused-ring (bicyclic) bond motifs is 3. The summed E-state index contributed by atoms with van der Waals surface area (Å²) in [7, 11) is 0. The average Bonchev–Trinajstić information content (AvgIpc) is 2.90. The zero-order chi connectivity index (χ0) is 13.8. The molecule has 0 saturated carbocycles. The molecule has 1 fully saturated rings. The number of carbonyl (C=O) groups is 1. The van der Waals surface area contributed by atoms with E-state index in [4.69, 9.17) is 0 Å². The predicted molar refractivity (Wildman–Crippen MR) is 83.3 cm³/mol. The van der Waals surface area contributed by atoms with E-state index >= 15 is 0 Å². The largest absolute Gasteiger partial charge is 0.317 e. The number of hydrogen-bond acceptors (Lipinski definition) is 2. The van der Waals surface area contributed by atoms with E-state index in [0.717, 1.165) is 16.7 Å². The molecule has 1 aliphatic heterocycles. The highest BCUT2D eigenvalue weighted by molar-refractivity contribution is 6.23. The molecule has 0 radical (unpaired) electrons. The summed E-state index contributed by atoms with van der Waals surface area (Å²) >= 11 is 0. The quantitative estimate of drug-likeness (QED) is 0.779. The summed E-state index contributed by atoms with van der Waals surface area (Å²) in [6, 6.07) is 8.08. The maximum Gasteiger partial charge on any atom is 0.186 e. The van der Waals surface area contributed by atoms with E-state index in [1.54, 1.807) is 6.08 Å². The molecule has 1 N–H and O–H groups in total. The van der Waals surface area contributed by atoms with E-state index in [1.165, 1.54) is 37.9 Å². The molecule has 1 aromatic rings. The van der Waals surface area contributed by atoms with Crippen molar-refractivity contribution in [1.29, 1.82) is 0 Å². The lowest BCUT2D eigenvalue weighted by Crippen LogP contribution is -2.21. The number of piperidine rings is 1. The summed E-state index contributed by atoms with van der Waals surface area (Å²) in [6.07, 6.45) is 11.6. The third-order valence-corrected chi connectivity index (χ3v) is 3.82. The van der Waals surface area contributed by atoms with E-state index in [1.807, 2.05) is 36.4 Å². The van der Waals surface area contributed by atoms with E-state index in [9.17, 15) is 4.79 Å². The fourth-order valence-corrected chi connectivity index (χ4v) is 2.75. The number of benzene rings is 1. The van der Waals surface area contributed by atoms with Crippen molar-refractivity contribution in [2.75, 3.05) is 13.1 Å². The van der Waals surface area contributed by atoms with Gasteiger partial charge < -0.3 is 5.32 Å². The third-order valence-electron chi connectivity index (χ3n) is 3.82. The lowest BCUT2D eigenvalue weighted by molar-refractivity contribution is -0.110. The van der Waals surface area contributed by atoms with E-state index in [0.29, 0.717) is 0 Å². The second-order valence-electron chi connectivity index (χ2n) is 5.26. The zero-order valence-corrected chi connectivity index (χ0v) is 11.6. The molecule has 0 aromatic heterocycles. The zero-order valence-electron chi connectivity index (χ0n) is 11.6. The van der Waals surface area contributed by atoms with Gasteiger partial charge in [-0.2, -0.15) is 0 Å². The van der Waals surface area contributed by atoms with Crippen LogP contribution in [0, 0.1) is 0 Å². The molecular formula is C18H19NO. The Balaban J connectivity index is 0.000000170. The van der Waals surface area contributed by atoms with Crippen LogP contribution in [-0.4, -0.2) is 18.9 Å². The minimum atomic E-state index is 0.110. The summed E-state index contributed by atoms with van der Waals surface area (Å²) < 4.78 is 0. The monoisotopic (exact) mass is 265 g/mol. The topological polar surface area (TPSA) is 29.1 Å². The third kappa shape index (κ3) is 2.66. The summed E-state index contributed by atoms with van der Waals surface area (Å²) in [5.41, 5.74) is 4.20. The summed E-state index contributed by atoms with van der Waals surface area (Å²) in [6.45, 7) is 2.50. The van der Waals surface area contributed by atoms with Crippen LogP contribution in [-0.2, 0) is 4.79 Å². The van der Waals surface area contributed by atoms with E-state index in [-0.39, 0.29) is 5.78 Å². The van der Waals surface area contributed by atoms with Gasteiger partial charge >= 0.3 is 0 Å². The highest BCUT2D eigenvalue weighted by atomic mass is 16.1. The molecule has 1 saturated heterocycles. The molecule has 2 aliphatic carbocycles. The van der Waals surface area contributed by atoms with Gasteiger partial charge in [0.25, 0.3) is 0 Å². The van der Waals surface area contributed by atoms with Gasteiger partial charge in [-0.15, -0.1) is 0 Å². The van der Waals surface area contributed by atoms with Gasteiger partial charge in [0.15, 0.2) is 5.78 Å². The number of nitrogens with one attached hydrogen (secondary N) is 1. The molecule has 0 amide bonds. The van der Waals surface area contributed by atoms with Crippen LogP contribution < -0.4 is 5.32 Å². The van der Waals surface area contributed by atoms with E-state index < -0.39 is 0 Å². The minimum absolute atomic E-state index is 0.110. The Bertz CT molecular complexity index is 592. The van der Waals surface area contributed by atoms with Crippen molar-refractivity contribution in [1.82, 2.24) is 5.32 Å². The van der Waals surface area contributed by atoms with Gasteiger partial charge in [0, 0.05) is 5.57 Å². The number of carbonyl (C=O) groups excluding carboxylic acids is 1. The molecule has 0 bridgehead atoms. The molecule has 2 nitrogen and oxygen atoms in total. The first-order valence-corrected chi connectivity index (χ1v) is 7.31. The normalized spacial score (nSPS) is 19.3. The molecule has 0 unspecified atom stereocenters. The number of rotatable bonds is 0. The van der Waals surface area contributed by atoms with Gasteiger partial charge in [0.1, 0.15) is 0 Å². The Morgan fingerprint density at radius 3 is 2.45 bits per heavy atom. The van der Waals surface area contributed by atoms with Crippen LogP contribution in [0.1, 0.15) is 30.4 Å². The Morgan fingerprint density at radius 2 is 1.75 bits per heavy atom. The maximum atomic E-state index is 11.5. The van der Waals surface area contributed by atoms with E-state index in [2.05, 4.69) is 11.4 Å². The first-order valence-electron chi connectivity index (χ1n) is 7.31. The molecule has 2 heteroatoms. The molecule has 102 valence electrons. The van der Waals surface area contributed by atoms with Crippen molar-refractivity contribution in [3.8, 4) is 0 Å². The van der Waals surface area contributed by atoms with Crippen LogP contribution in [0.25, 0.3) is 11.6 Å². The van der Waals surface area contributed by atoms with Crippen molar-refractivity contribution < 1.29 is 4.79 Å². The highest BCUT2D eigenvalue weighted by Crippen LogP contribution is 2.37. The van der Waals surface area contributed by atoms with Crippen molar-refractivity contribution in [3.63, 3.8) is 0 Å². The summed E-state index contributed by atoms with van der Waals surface area (Å²) in [5.74, 6) is 0.110. The SMILES string of the molecule is C1CCNCC1.O=C1C=CC=C2C1=Cc1ccccc12. The number of hydrogen-bond donors (Lipinski definition) is 1. The first kappa shape index (κ1) is 13.1. The second kappa shape index (κ2) is 6.02. The molecule has 0 spiro atoms. The Hall–Kier alpha value is -1.93. The van der Waals surface area contributed by atoms with Gasteiger partial charge in [-0.3, -0.25) is 4.79 Å². The van der Waals surface area contributed by atoms with Crippen LogP contribution in [0.2, 0.25) is 0 Å². The second-order valence-corrected chi connectivity index (χ2v) is 5.26. The number of ketones is 1. The van der Waals surface area contributed by atoms with Gasteiger partial charge in [-0.25, -0.2) is 0 Å². The molecule has 1 heterocycles. The van der Waals surface area contributed by atoms with Crippen LogP contribution in [0.15, 0.2) is 48.1 Å². The van der Waals surface area contributed by atoms with Crippen LogP contribution in [0.5, 0.6) is 0 Å². The van der Waals surface area contributed by atoms with Crippen molar-refractivity contribution in [2.24, 2.45) is 0 Å². The maximum absolute atomic E-state index is 11.5. The summed E-state index contributed by atoms with van der Waals surface area (Å²) in [5, 5.41) is 3.28. The average molecular weight is 265 g/mol. The Labute approximate surface area is 119 Å². The van der Waals surface area contributed by atoms with Gasteiger partial charge in [-0.05, 0) is 54.8 Å². The smallest absolute Gasteiger partial charge is 0.186 e. The van der Waals surface area contributed by atoms with Crippen LogP contribution >= 0.6 is 0 Å².